The normalized spacial score (nSPS) is 20.1. The zero-order chi connectivity index (χ0) is 15.0. The lowest BCUT2D eigenvalue weighted by Gasteiger charge is -2.39. The minimum atomic E-state index is 0.177. The highest BCUT2D eigenvalue weighted by Crippen LogP contribution is 2.42. The van der Waals surface area contributed by atoms with Crippen molar-refractivity contribution in [2.24, 2.45) is 5.41 Å². The molecule has 4 nitrogen and oxygen atoms in total. The van der Waals surface area contributed by atoms with Crippen molar-refractivity contribution in [1.29, 1.82) is 0 Å². The van der Waals surface area contributed by atoms with E-state index >= 15 is 0 Å². The fraction of sp³-hybridized carbons (Fsp3) is 0.444. The molecule has 1 aliphatic heterocycles. The van der Waals surface area contributed by atoms with Gasteiger partial charge in [-0.1, -0.05) is 30.3 Å². The quantitative estimate of drug-likeness (QED) is 0.925. The molecule has 2 aliphatic rings. The van der Waals surface area contributed by atoms with Gasteiger partial charge in [-0.05, 0) is 43.3 Å². The fourth-order valence-electron chi connectivity index (χ4n) is 3.95. The second-order valence-electron chi connectivity index (χ2n) is 6.69. The Labute approximate surface area is 130 Å². The molecule has 0 unspecified atom stereocenters. The standard InChI is InChI=1S/C18H21N3O/c22-16-11-18(6-8-19-9-7-18)10-15-12-20-21(17(15)16)13-14-4-2-1-3-5-14/h1-5,12,19H,6-11,13H2. The maximum absolute atomic E-state index is 12.7. The van der Waals surface area contributed by atoms with Crippen LogP contribution in [0.1, 0.15) is 40.9 Å². The molecule has 0 atom stereocenters. The van der Waals surface area contributed by atoms with Crippen molar-refractivity contribution in [3.8, 4) is 0 Å². The average Bonchev–Trinajstić information content (AvgIpc) is 2.92. The number of benzene rings is 1. The van der Waals surface area contributed by atoms with Crippen LogP contribution in [0.2, 0.25) is 0 Å². The molecule has 0 radical (unpaired) electrons. The maximum atomic E-state index is 12.7. The average molecular weight is 295 g/mol. The van der Waals surface area contributed by atoms with Crippen LogP contribution in [0.3, 0.4) is 0 Å². The van der Waals surface area contributed by atoms with Crippen LogP contribution in [-0.2, 0) is 13.0 Å². The Bertz CT molecular complexity index is 684. The molecular weight excluding hydrogens is 274 g/mol. The summed E-state index contributed by atoms with van der Waals surface area (Å²) in [6.07, 6.45) is 5.80. The third-order valence-electron chi connectivity index (χ3n) is 5.12. The van der Waals surface area contributed by atoms with Gasteiger partial charge in [0.1, 0.15) is 5.69 Å². The zero-order valence-corrected chi connectivity index (χ0v) is 12.7. The zero-order valence-electron chi connectivity index (χ0n) is 12.7. The number of piperidine rings is 1. The smallest absolute Gasteiger partial charge is 0.181 e. The van der Waals surface area contributed by atoms with Crippen molar-refractivity contribution < 1.29 is 4.79 Å². The van der Waals surface area contributed by atoms with E-state index in [4.69, 9.17) is 0 Å². The van der Waals surface area contributed by atoms with Gasteiger partial charge in [-0.25, -0.2) is 0 Å². The lowest BCUT2D eigenvalue weighted by atomic mass is 9.67. The van der Waals surface area contributed by atoms with E-state index < -0.39 is 0 Å². The molecule has 1 spiro atoms. The molecule has 1 saturated heterocycles. The number of fused-ring (bicyclic) bond motifs is 1. The lowest BCUT2D eigenvalue weighted by Crippen LogP contribution is -2.42. The molecule has 1 aromatic heterocycles. The Balaban J connectivity index is 1.63. The monoisotopic (exact) mass is 295 g/mol. The molecule has 1 N–H and O–H groups in total. The number of ketones is 1. The van der Waals surface area contributed by atoms with Gasteiger partial charge in [0.2, 0.25) is 0 Å². The number of hydrogen-bond donors (Lipinski definition) is 1. The molecule has 2 aromatic rings. The first kappa shape index (κ1) is 13.7. The van der Waals surface area contributed by atoms with Crippen molar-refractivity contribution in [1.82, 2.24) is 15.1 Å². The van der Waals surface area contributed by atoms with Crippen LogP contribution in [0, 0.1) is 5.41 Å². The molecule has 22 heavy (non-hydrogen) atoms. The van der Waals surface area contributed by atoms with Gasteiger partial charge in [0, 0.05) is 12.0 Å². The van der Waals surface area contributed by atoms with Crippen LogP contribution in [0.25, 0.3) is 0 Å². The molecule has 1 fully saturated rings. The molecule has 1 aromatic carbocycles. The summed E-state index contributed by atoms with van der Waals surface area (Å²) < 4.78 is 1.89. The summed E-state index contributed by atoms with van der Waals surface area (Å²) in [6, 6.07) is 10.2. The van der Waals surface area contributed by atoms with Crippen LogP contribution in [0.5, 0.6) is 0 Å². The number of Topliss-reactive ketones (excluding diaryl/α,β-unsaturated/α-hetero) is 1. The van der Waals surface area contributed by atoms with Crippen LogP contribution < -0.4 is 5.32 Å². The van der Waals surface area contributed by atoms with E-state index in [9.17, 15) is 4.79 Å². The number of carbonyl (C=O) groups excluding carboxylic acids is 1. The minimum Gasteiger partial charge on any atom is -0.317 e. The second-order valence-corrected chi connectivity index (χ2v) is 6.69. The first-order valence-electron chi connectivity index (χ1n) is 8.08. The first-order chi connectivity index (χ1) is 10.8. The molecule has 1 aliphatic carbocycles. The Morgan fingerprint density at radius 1 is 1.14 bits per heavy atom. The summed E-state index contributed by atoms with van der Waals surface area (Å²) >= 11 is 0. The predicted molar refractivity (Wildman–Crippen MR) is 85.0 cm³/mol. The van der Waals surface area contributed by atoms with Crippen molar-refractivity contribution in [2.75, 3.05) is 13.1 Å². The van der Waals surface area contributed by atoms with Gasteiger partial charge in [-0.15, -0.1) is 0 Å². The van der Waals surface area contributed by atoms with E-state index in [0.29, 0.717) is 13.0 Å². The number of hydrogen-bond acceptors (Lipinski definition) is 3. The van der Waals surface area contributed by atoms with Crippen LogP contribution in [-0.4, -0.2) is 28.7 Å². The molecular formula is C18H21N3O. The predicted octanol–water partition coefficient (Wildman–Crippen LogP) is 2.43. The first-order valence-corrected chi connectivity index (χ1v) is 8.08. The Morgan fingerprint density at radius 3 is 2.68 bits per heavy atom. The summed E-state index contributed by atoms with van der Waals surface area (Å²) in [4.78, 5) is 12.7. The van der Waals surface area contributed by atoms with E-state index in [1.807, 2.05) is 29.1 Å². The molecule has 4 rings (SSSR count). The number of nitrogens with zero attached hydrogens (tertiary/aromatic N) is 2. The molecule has 0 bridgehead atoms. The summed E-state index contributed by atoms with van der Waals surface area (Å²) in [6.45, 7) is 2.73. The number of nitrogens with one attached hydrogen (secondary N) is 1. The van der Waals surface area contributed by atoms with Gasteiger partial charge >= 0.3 is 0 Å². The van der Waals surface area contributed by atoms with E-state index in [-0.39, 0.29) is 11.2 Å². The van der Waals surface area contributed by atoms with Gasteiger partial charge in [0.05, 0.1) is 12.7 Å². The van der Waals surface area contributed by atoms with Gasteiger partial charge in [-0.3, -0.25) is 9.48 Å². The minimum absolute atomic E-state index is 0.177. The SMILES string of the molecule is O=C1CC2(CCNCC2)Cc2cnn(Cc3ccccc3)c21. The van der Waals surface area contributed by atoms with Crippen molar-refractivity contribution in [2.45, 2.75) is 32.2 Å². The topological polar surface area (TPSA) is 46.9 Å². The fourth-order valence-corrected chi connectivity index (χ4v) is 3.95. The molecule has 114 valence electrons. The summed E-state index contributed by atoms with van der Waals surface area (Å²) in [5, 5.41) is 7.90. The summed E-state index contributed by atoms with van der Waals surface area (Å²) in [5.41, 5.74) is 3.35. The van der Waals surface area contributed by atoms with Crippen molar-refractivity contribution in [3.05, 3.63) is 53.3 Å². The highest BCUT2D eigenvalue weighted by atomic mass is 16.1. The maximum Gasteiger partial charge on any atom is 0.181 e. The molecule has 2 heterocycles. The van der Waals surface area contributed by atoms with E-state index in [1.165, 1.54) is 5.56 Å². The number of aromatic nitrogens is 2. The van der Waals surface area contributed by atoms with E-state index in [0.717, 1.165) is 43.6 Å². The van der Waals surface area contributed by atoms with Gasteiger partial charge < -0.3 is 5.32 Å². The molecule has 4 heteroatoms. The van der Waals surface area contributed by atoms with Crippen molar-refractivity contribution >= 4 is 5.78 Å². The van der Waals surface area contributed by atoms with Crippen LogP contribution >= 0.6 is 0 Å². The Kier molecular flexibility index (Phi) is 3.34. The van der Waals surface area contributed by atoms with Gasteiger partial charge in [0.25, 0.3) is 0 Å². The van der Waals surface area contributed by atoms with E-state index in [1.54, 1.807) is 0 Å². The second kappa shape index (κ2) is 5.36. The lowest BCUT2D eigenvalue weighted by molar-refractivity contribution is 0.0824. The van der Waals surface area contributed by atoms with Crippen LogP contribution in [0.4, 0.5) is 0 Å². The van der Waals surface area contributed by atoms with Gasteiger partial charge in [-0.2, -0.15) is 5.10 Å². The third-order valence-corrected chi connectivity index (χ3v) is 5.12. The summed E-state index contributed by atoms with van der Waals surface area (Å²) in [7, 11) is 0. The molecule has 0 amide bonds. The number of carbonyl (C=O) groups is 1. The highest BCUT2D eigenvalue weighted by molar-refractivity contribution is 5.97. The largest absolute Gasteiger partial charge is 0.317 e. The third kappa shape index (κ3) is 2.37. The molecule has 0 saturated carbocycles. The van der Waals surface area contributed by atoms with Crippen molar-refractivity contribution in [3.63, 3.8) is 0 Å². The Morgan fingerprint density at radius 2 is 1.91 bits per heavy atom. The van der Waals surface area contributed by atoms with Crippen LogP contribution in [0.15, 0.2) is 36.5 Å². The van der Waals surface area contributed by atoms with E-state index in [2.05, 4.69) is 22.5 Å². The van der Waals surface area contributed by atoms with Gasteiger partial charge in [0.15, 0.2) is 5.78 Å². The Hall–Kier alpha value is -1.94. The number of rotatable bonds is 2. The summed E-state index contributed by atoms with van der Waals surface area (Å²) in [5.74, 6) is 0.275. The highest BCUT2D eigenvalue weighted by Gasteiger charge is 2.41.